The van der Waals surface area contributed by atoms with E-state index in [0.29, 0.717) is 39.8 Å². The van der Waals surface area contributed by atoms with E-state index in [-0.39, 0.29) is 17.7 Å². The normalized spacial score (nSPS) is 14.5. The number of aromatic nitrogens is 8. The highest BCUT2D eigenvalue weighted by atomic mass is 19.4. The minimum Gasteiger partial charge on any atom is -0.480 e. The Balaban J connectivity index is 1.34. The summed E-state index contributed by atoms with van der Waals surface area (Å²) in [7, 11) is 3.34. The quantitative estimate of drug-likeness (QED) is 0.211. The lowest BCUT2D eigenvalue weighted by molar-refractivity contribution is -0.140. The first-order valence-electron chi connectivity index (χ1n) is 13.6. The molecule has 0 amide bonds. The lowest BCUT2D eigenvalue weighted by Crippen LogP contribution is -2.08. The minimum atomic E-state index is -4.53. The molecule has 10 nitrogen and oxygen atoms in total. The van der Waals surface area contributed by atoms with Crippen LogP contribution in [0.25, 0.3) is 33.8 Å². The van der Waals surface area contributed by atoms with Crippen molar-refractivity contribution in [3.63, 3.8) is 0 Å². The molecule has 1 atom stereocenters. The van der Waals surface area contributed by atoms with Gasteiger partial charge in [-0.2, -0.15) is 23.3 Å². The van der Waals surface area contributed by atoms with Crippen molar-refractivity contribution < 1.29 is 22.6 Å². The van der Waals surface area contributed by atoms with Gasteiger partial charge in [0, 0.05) is 30.8 Å². The molecule has 1 aliphatic rings. The van der Waals surface area contributed by atoms with E-state index in [0.717, 1.165) is 30.3 Å². The van der Waals surface area contributed by atoms with Crippen molar-refractivity contribution in [2.75, 3.05) is 7.11 Å². The summed E-state index contributed by atoms with van der Waals surface area (Å²) in [5.74, 6) is 1.60. The van der Waals surface area contributed by atoms with Gasteiger partial charge in [0.15, 0.2) is 17.0 Å². The van der Waals surface area contributed by atoms with E-state index in [4.69, 9.17) is 19.4 Å². The van der Waals surface area contributed by atoms with Gasteiger partial charge in [0.05, 0.1) is 19.0 Å². The highest BCUT2D eigenvalue weighted by Crippen LogP contribution is 2.45. The van der Waals surface area contributed by atoms with Gasteiger partial charge >= 0.3 is 6.18 Å². The summed E-state index contributed by atoms with van der Waals surface area (Å²) in [6, 6.07) is 6.90. The molecule has 0 radical (unpaired) electrons. The third-order valence-corrected chi connectivity index (χ3v) is 7.17. The molecule has 1 aliphatic carbocycles. The van der Waals surface area contributed by atoms with Crippen LogP contribution in [0.5, 0.6) is 11.8 Å². The first-order valence-corrected chi connectivity index (χ1v) is 13.6. The van der Waals surface area contributed by atoms with Crippen LogP contribution < -0.4 is 9.47 Å². The molecular weight excluding hydrogens is 549 g/mol. The van der Waals surface area contributed by atoms with Crippen molar-refractivity contribution in [2.45, 2.75) is 57.9 Å². The van der Waals surface area contributed by atoms with Gasteiger partial charge in [-0.25, -0.2) is 19.9 Å². The number of halogens is 3. The van der Waals surface area contributed by atoms with Crippen molar-refractivity contribution in [1.82, 2.24) is 39.3 Å². The van der Waals surface area contributed by atoms with Crippen LogP contribution in [0.2, 0.25) is 0 Å². The van der Waals surface area contributed by atoms with Crippen molar-refractivity contribution in [1.29, 1.82) is 0 Å². The molecule has 1 fully saturated rings. The zero-order chi connectivity index (χ0) is 29.8. The molecular formula is C29H29F3N8O2. The number of methoxy groups -OCH3 is 1. The van der Waals surface area contributed by atoms with Crippen molar-refractivity contribution in [3.05, 3.63) is 59.9 Å². The lowest BCUT2D eigenvalue weighted by Gasteiger charge is -2.17. The number of benzene rings is 1. The number of hydrogen-bond donors (Lipinski definition) is 0. The van der Waals surface area contributed by atoms with Crippen LogP contribution in [0.15, 0.2) is 43.0 Å². The molecule has 1 unspecified atom stereocenters. The van der Waals surface area contributed by atoms with Gasteiger partial charge in [-0.15, -0.1) is 0 Å². The van der Waals surface area contributed by atoms with Crippen LogP contribution in [0.1, 0.15) is 68.6 Å². The topological polar surface area (TPSA) is 106 Å². The Morgan fingerprint density at radius 1 is 0.952 bits per heavy atom. The van der Waals surface area contributed by atoms with E-state index in [1.807, 2.05) is 32.9 Å². The molecule has 6 rings (SSSR count). The fourth-order valence-corrected chi connectivity index (χ4v) is 4.88. The van der Waals surface area contributed by atoms with Gasteiger partial charge in [-0.3, -0.25) is 4.68 Å². The van der Waals surface area contributed by atoms with Gasteiger partial charge in [-0.1, -0.05) is 24.3 Å². The van der Waals surface area contributed by atoms with Crippen LogP contribution in [-0.4, -0.2) is 46.4 Å². The first kappa shape index (κ1) is 27.6. The van der Waals surface area contributed by atoms with Gasteiger partial charge in [-0.05, 0) is 39.2 Å². The Labute approximate surface area is 239 Å². The predicted molar refractivity (Wildman–Crippen MR) is 148 cm³/mol. The van der Waals surface area contributed by atoms with Gasteiger partial charge in [0.2, 0.25) is 11.8 Å². The summed E-state index contributed by atoms with van der Waals surface area (Å²) in [6.45, 7) is 5.49. The number of rotatable bonds is 8. The molecule has 4 aromatic heterocycles. The number of aryl methyl sites for hydroxylation is 1. The molecule has 218 valence electrons. The molecule has 0 aliphatic heterocycles. The van der Waals surface area contributed by atoms with Crippen LogP contribution in [-0.2, 0) is 13.2 Å². The molecule has 42 heavy (non-hydrogen) atoms. The lowest BCUT2D eigenvalue weighted by atomic mass is 10.1. The standard InChI is InChI=1S/C29H29F3N8O2/c1-15(2)40-13-21(29(30,31)32)36-26(40)19-10-6-17(7-11-19)16(3)42-28-24-20(12-39(4)38-24)35-25(37-28)22-23(18-8-9-18)33-14-34-27(22)41-5/h6-7,10-16,18H,8-9H2,1-5H3. The van der Waals surface area contributed by atoms with Crippen LogP contribution >= 0.6 is 0 Å². The molecule has 1 saturated carbocycles. The Hall–Kier alpha value is -4.55. The smallest absolute Gasteiger partial charge is 0.434 e. The summed E-state index contributed by atoms with van der Waals surface area (Å²) < 4.78 is 55.2. The maximum absolute atomic E-state index is 13.4. The van der Waals surface area contributed by atoms with Crippen molar-refractivity contribution in [3.8, 4) is 34.5 Å². The summed E-state index contributed by atoms with van der Waals surface area (Å²) in [6.07, 6.45) is 1.36. The molecule has 0 bridgehead atoms. The molecule has 13 heteroatoms. The number of nitrogens with zero attached hydrogens (tertiary/aromatic N) is 8. The van der Waals surface area contributed by atoms with Crippen molar-refractivity contribution in [2.24, 2.45) is 7.05 Å². The van der Waals surface area contributed by atoms with Crippen LogP contribution in [0.3, 0.4) is 0 Å². The maximum atomic E-state index is 13.4. The molecule has 0 N–H and O–H groups in total. The first-order chi connectivity index (χ1) is 20.0. The Bertz CT molecular complexity index is 1760. The SMILES string of the molecule is COc1ncnc(C2CC2)c1-c1nc(OC(C)c2ccc(-c3nc(C(F)(F)F)cn3C(C)C)cc2)c2nn(C)cc2n1. The molecule has 1 aromatic carbocycles. The van der Waals surface area contributed by atoms with Gasteiger partial charge in [0.1, 0.15) is 29.3 Å². The molecule has 4 heterocycles. The third-order valence-electron chi connectivity index (χ3n) is 7.17. The number of hydrogen-bond acceptors (Lipinski definition) is 8. The van der Waals surface area contributed by atoms with E-state index < -0.39 is 18.0 Å². The molecule has 0 saturated heterocycles. The van der Waals surface area contributed by atoms with Gasteiger partial charge in [0.25, 0.3) is 0 Å². The fraction of sp³-hybridized carbons (Fsp3) is 0.379. The van der Waals surface area contributed by atoms with E-state index in [1.54, 1.807) is 37.2 Å². The van der Waals surface area contributed by atoms with Crippen LogP contribution in [0.4, 0.5) is 13.2 Å². The molecule has 0 spiro atoms. The largest absolute Gasteiger partial charge is 0.480 e. The second-order valence-corrected chi connectivity index (χ2v) is 10.6. The Morgan fingerprint density at radius 2 is 1.69 bits per heavy atom. The van der Waals surface area contributed by atoms with Crippen molar-refractivity contribution >= 4 is 11.0 Å². The number of ether oxygens (including phenoxy) is 2. The third kappa shape index (κ3) is 5.14. The predicted octanol–water partition coefficient (Wildman–Crippen LogP) is 6.31. The van der Waals surface area contributed by atoms with E-state index in [9.17, 15) is 13.2 Å². The Morgan fingerprint density at radius 3 is 2.33 bits per heavy atom. The Kier molecular flexibility index (Phi) is 6.82. The summed E-state index contributed by atoms with van der Waals surface area (Å²) in [5.41, 5.74) is 3.00. The van der Waals surface area contributed by atoms with E-state index in [2.05, 4.69) is 20.1 Å². The fourth-order valence-electron chi connectivity index (χ4n) is 4.88. The second kappa shape index (κ2) is 10.4. The number of alkyl halides is 3. The van der Waals surface area contributed by atoms with E-state index in [1.165, 1.54) is 10.9 Å². The maximum Gasteiger partial charge on any atom is 0.434 e. The summed E-state index contributed by atoms with van der Waals surface area (Å²) >= 11 is 0. The highest BCUT2D eigenvalue weighted by Gasteiger charge is 2.35. The summed E-state index contributed by atoms with van der Waals surface area (Å²) in [4.78, 5) is 22.2. The van der Waals surface area contributed by atoms with Gasteiger partial charge < -0.3 is 14.0 Å². The summed E-state index contributed by atoms with van der Waals surface area (Å²) in [5, 5.41) is 4.51. The minimum absolute atomic E-state index is 0.202. The zero-order valence-corrected chi connectivity index (χ0v) is 23.7. The van der Waals surface area contributed by atoms with Crippen LogP contribution in [0, 0.1) is 0 Å². The average Bonchev–Trinajstić information content (AvgIpc) is 3.57. The number of imidazole rings is 1. The van der Waals surface area contributed by atoms with E-state index >= 15 is 0 Å². The monoisotopic (exact) mass is 578 g/mol. The molecule has 5 aromatic rings. The number of fused-ring (bicyclic) bond motifs is 1. The second-order valence-electron chi connectivity index (χ2n) is 10.6. The highest BCUT2D eigenvalue weighted by molar-refractivity contribution is 5.82. The zero-order valence-electron chi connectivity index (χ0n) is 23.7. The average molecular weight is 579 g/mol.